The minimum absolute atomic E-state index is 0.00222. The summed E-state index contributed by atoms with van der Waals surface area (Å²) in [4.78, 5) is 17.7. The maximum Gasteiger partial charge on any atom is 0.243 e. The third-order valence-electron chi connectivity index (χ3n) is 3.71. The van der Waals surface area contributed by atoms with Crippen LogP contribution in [-0.2, 0) is 9.53 Å². The summed E-state index contributed by atoms with van der Waals surface area (Å²) in [6, 6.07) is 0. The van der Waals surface area contributed by atoms with Crippen molar-refractivity contribution >= 4 is 23.6 Å². The van der Waals surface area contributed by atoms with Crippen molar-refractivity contribution in [2.75, 3.05) is 52.3 Å². The molecule has 23 heavy (non-hydrogen) atoms. The molecule has 2 N–H and O–H groups in total. The number of aliphatic imine (C=N–C) groups is 1. The molecule has 1 unspecified atom stereocenters. The lowest BCUT2D eigenvalue weighted by Gasteiger charge is -2.24. The fraction of sp³-hybridized carbons (Fsp3) is 0.875. The van der Waals surface area contributed by atoms with Crippen molar-refractivity contribution in [1.82, 2.24) is 15.5 Å². The highest BCUT2D eigenvalue weighted by molar-refractivity contribution is 7.98. The molecule has 1 fully saturated rings. The number of unbranched alkanes of at least 4 members (excludes halogenated alkanes) is 1. The Morgan fingerprint density at radius 2 is 2.13 bits per heavy atom. The standard InChI is InChI=1S/C16H32N4O2S/c1-20(2)15(21)13-19-16(17-9-5-7-11-23-3)18-12-14-8-4-6-10-22-14/h14H,4-13H2,1-3H3,(H2,17,18,19). The molecule has 1 aliphatic rings. The molecule has 134 valence electrons. The van der Waals surface area contributed by atoms with E-state index in [0.29, 0.717) is 5.96 Å². The van der Waals surface area contributed by atoms with E-state index in [1.54, 1.807) is 19.0 Å². The lowest BCUT2D eigenvalue weighted by atomic mass is 10.1. The molecule has 0 aliphatic carbocycles. The predicted octanol–water partition coefficient (Wildman–Crippen LogP) is 1.32. The van der Waals surface area contributed by atoms with Crippen LogP contribution in [0.25, 0.3) is 0 Å². The molecule has 1 amide bonds. The third kappa shape index (κ3) is 9.71. The van der Waals surface area contributed by atoms with Gasteiger partial charge in [-0.25, -0.2) is 4.99 Å². The fourth-order valence-corrected chi connectivity index (χ4v) is 2.71. The molecule has 0 aromatic rings. The van der Waals surface area contributed by atoms with Gasteiger partial charge in [-0.1, -0.05) is 0 Å². The van der Waals surface area contributed by atoms with Crippen LogP contribution in [0, 0.1) is 0 Å². The molecule has 1 saturated heterocycles. The van der Waals surface area contributed by atoms with Crippen LogP contribution in [0.2, 0.25) is 0 Å². The number of amides is 1. The lowest BCUT2D eigenvalue weighted by Crippen LogP contribution is -2.43. The molecular formula is C16H32N4O2S. The molecule has 0 spiro atoms. The van der Waals surface area contributed by atoms with E-state index in [2.05, 4.69) is 21.9 Å². The van der Waals surface area contributed by atoms with E-state index in [9.17, 15) is 4.79 Å². The second-order valence-corrected chi connectivity index (χ2v) is 6.93. The SMILES string of the molecule is CSCCCCNC(=NCC(=O)N(C)C)NCC1CCCCO1. The van der Waals surface area contributed by atoms with Crippen LogP contribution in [-0.4, -0.2) is 75.2 Å². The van der Waals surface area contributed by atoms with E-state index in [1.807, 2.05) is 11.8 Å². The zero-order chi connectivity index (χ0) is 16.9. The zero-order valence-electron chi connectivity index (χ0n) is 14.8. The quantitative estimate of drug-likeness (QED) is 0.375. The monoisotopic (exact) mass is 344 g/mol. The van der Waals surface area contributed by atoms with Crippen LogP contribution in [0.4, 0.5) is 0 Å². The van der Waals surface area contributed by atoms with Gasteiger partial charge >= 0.3 is 0 Å². The molecule has 0 radical (unpaired) electrons. The van der Waals surface area contributed by atoms with Gasteiger partial charge in [-0.05, 0) is 44.1 Å². The number of likely N-dealkylation sites (N-methyl/N-ethyl adjacent to an activating group) is 1. The van der Waals surface area contributed by atoms with Gasteiger partial charge in [0, 0.05) is 33.8 Å². The van der Waals surface area contributed by atoms with Crippen molar-refractivity contribution in [2.24, 2.45) is 4.99 Å². The van der Waals surface area contributed by atoms with Gasteiger partial charge in [-0.2, -0.15) is 11.8 Å². The van der Waals surface area contributed by atoms with E-state index in [1.165, 1.54) is 18.6 Å². The normalized spacial score (nSPS) is 18.6. The van der Waals surface area contributed by atoms with Crippen LogP contribution in [0.5, 0.6) is 0 Å². The number of rotatable bonds is 9. The maximum absolute atomic E-state index is 11.7. The summed E-state index contributed by atoms with van der Waals surface area (Å²) in [7, 11) is 3.49. The number of nitrogens with one attached hydrogen (secondary N) is 2. The Kier molecular flexibility index (Phi) is 10.9. The minimum Gasteiger partial charge on any atom is -0.376 e. The van der Waals surface area contributed by atoms with Gasteiger partial charge in [0.2, 0.25) is 5.91 Å². The van der Waals surface area contributed by atoms with Gasteiger partial charge in [0.15, 0.2) is 5.96 Å². The van der Waals surface area contributed by atoms with Gasteiger partial charge in [-0.15, -0.1) is 0 Å². The molecule has 0 saturated carbocycles. The molecule has 1 aliphatic heterocycles. The van der Waals surface area contributed by atoms with E-state index >= 15 is 0 Å². The first-order chi connectivity index (χ1) is 11.1. The van der Waals surface area contributed by atoms with Crippen molar-refractivity contribution in [1.29, 1.82) is 0 Å². The summed E-state index contributed by atoms with van der Waals surface area (Å²) >= 11 is 1.87. The summed E-state index contributed by atoms with van der Waals surface area (Å²) in [5, 5.41) is 6.63. The summed E-state index contributed by atoms with van der Waals surface area (Å²) in [5.74, 6) is 1.89. The Balaban J connectivity index is 2.39. The maximum atomic E-state index is 11.7. The number of carbonyl (C=O) groups is 1. The Bertz CT molecular complexity index is 358. The summed E-state index contributed by atoms with van der Waals surface area (Å²) < 4.78 is 5.73. The van der Waals surface area contributed by atoms with Crippen LogP contribution < -0.4 is 10.6 Å². The summed E-state index contributed by atoms with van der Waals surface area (Å²) in [6.45, 7) is 2.62. The highest BCUT2D eigenvalue weighted by Gasteiger charge is 2.14. The van der Waals surface area contributed by atoms with Gasteiger partial charge in [0.05, 0.1) is 6.10 Å². The summed E-state index contributed by atoms with van der Waals surface area (Å²) in [6.07, 6.45) is 8.12. The van der Waals surface area contributed by atoms with Gasteiger partial charge in [0.1, 0.15) is 6.54 Å². The Morgan fingerprint density at radius 1 is 1.30 bits per heavy atom. The van der Waals surface area contributed by atoms with Gasteiger partial charge < -0.3 is 20.3 Å². The smallest absolute Gasteiger partial charge is 0.243 e. The first-order valence-corrected chi connectivity index (χ1v) is 9.85. The van der Waals surface area contributed by atoms with E-state index in [4.69, 9.17) is 4.74 Å². The molecule has 6 nitrogen and oxygen atoms in total. The summed E-state index contributed by atoms with van der Waals surface area (Å²) in [5.41, 5.74) is 0. The largest absolute Gasteiger partial charge is 0.376 e. The molecule has 1 atom stereocenters. The van der Waals surface area contributed by atoms with Crippen molar-refractivity contribution in [3.05, 3.63) is 0 Å². The van der Waals surface area contributed by atoms with Crippen molar-refractivity contribution < 1.29 is 9.53 Å². The number of ether oxygens (including phenoxy) is 1. The zero-order valence-corrected chi connectivity index (χ0v) is 15.6. The van der Waals surface area contributed by atoms with Crippen molar-refractivity contribution in [3.63, 3.8) is 0 Å². The predicted molar refractivity (Wildman–Crippen MR) is 98.2 cm³/mol. The average molecular weight is 345 g/mol. The number of hydrogen-bond donors (Lipinski definition) is 2. The second kappa shape index (κ2) is 12.5. The highest BCUT2D eigenvalue weighted by Crippen LogP contribution is 2.11. The lowest BCUT2D eigenvalue weighted by molar-refractivity contribution is -0.127. The first-order valence-electron chi connectivity index (χ1n) is 8.46. The molecule has 0 aromatic heterocycles. The molecule has 1 rings (SSSR count). The van der Waals surface area contributed by atoms with E-state index in [-0.39, 0.29) is 18.6 Å². The topological polar surface area (TPSA) is 66.0 Å². The van der Waals surface area contributed by atoms with Crippen LogP contribution >= 0.6 is 11.8 Å². The first kappa shape index (κ1) is 20.1. The Labute approximate surface area is 144 Å². The number of hydrogen-bond acceptors (Lipinski definition) is 4. The van der Waals surface area contributed by atoms with Crippen molar-refractivity contribution in [2.45, 2.75) is 38.2 Å². The molecular weight excluding hydrogens is 312 g/mol. The average Bonchev–Trinajstić information content (AvgIpc) is 2.56. The highest BCUT2D eigenvalue weighted by atomic mass is 32.2. The molecule has 0 bridgehead atoms. The Morgan fingerprint density at radius 3 is 2.78 bits per heavy atom. The van der Waals surface area contributed by atoms with E-state index < -0.39 is 0 Å². The minimum atomic E-state index is 0.00222. The van der Waals surface area contributed by atoms with Crippen LogP contribution in [0.1, 0.15) is 32.1 Å². The molecule has 7 heteroatoms. The van der Waals surface area contributed by atoms with Crippen molar-refractivity contribution in [3.8, 4) is 0 Å². The van der Waals surface area contributed by atoms with Gasteiger partial charge in [-0.3, -0.25) is 4.79 Å². The van der Waals surface area contributed by atoms with Crippen LogP contribution in [0.15, 0.2) is 4.99 Å². The number of thioether (sulfide) groups is 1. The molecule has 1 heterocycles. The molecule has 0 aromatic carbocycles. The fourth-order valence-electron chi connectivity index (χ4n) is 2.22. The second-order valence-electron chi connectivity index (χ2n) is 5.95. The van der Waals surface area contributed by atoms with Crippen LogP contribution in [0.3, 0.4) is 0 Å². The van der Waals surface area contributed by atoms with E-state index in [0.717, 1.165) is 39.0 Å². The number of nitrogens with zero attached hydrogens (tertiary/aromatic N) is 2. The van der Waals surface area contributed by atoms with Gasteiger partial charge in [0.25, 0.3) is 0 Å². The number of carbonyl (C=O) groups excluding carboxylic acids is 1. The Hall–Kier alpha value is -0.950. The third-order valence-corrected chi connectivity index (χ3v) is 4.41. The number of guanidine groups is 1.